The van der Waals surface area contributed by atoms with Crippen molar-refractivity contribution in [2.75, 3.05) is 13.7 Å². The number of benzene rings is 2. The zero-order chi connectivity index (χ0) is 17.2. The summed E-state index contributed by atoms with van der Waals surface area (Å²) in [5, 5.41) is 1.97. The predicted octanol–water partition coefficient (Wildman–Crippen LogP) is 4.74. The highest BCUT2D eigenvalue weighted by molar-refractivity contribution is 8.00. The maximum absolute atomic E-state index is 5.95. The second-order valence-corrected chi connectivity index (χ2v) is 7.97. The molecular weight excluding hydrogens is 316 g/mol. The van der Waals surface area contributed by atoms with Gasteiger partial charge in [-0.15, -0.1) is 0 Å². The Bertz CT molecular complexity index is 847. The third kappa shape index (κ3) is 3.25. The Hall–Kier alpha value is -2.04. The molecule has 0 spiro atoms. The number of para-hydroxylation sites is 1. The number of nitrogens with zero attached hydrogens (tertiary/aromatic N) is 1. The maximum Gasteiger partial charge on any atom is 0.138 e. The molecule has 0 atom stereocenters. The first-order valence-corrected chi connectivity index (χ1v) is 8.78. The molecule has 3 rings (SSSR count). The van der Waals surface area contributed by atoms with Gasteiger partial charge in [0.1, 0.15) is 10.8 Å². The largest absolute Gasteiger partial charge is 0.495 e. The molecule has 0 amide bonds. The maximum atomic E-state index is 5.95. The fraction of sp³-hybridized carbons (Fsp3) is 0.250. The minimum Gasteiger partial charge on any atom is -0.495 e. The van der Waals surface area contributed by atoms with Crippen LogP contribution in [0, 0.1) is 0 Å². The van der Waals surface area contributed by atoms with Crippen molar-refractivity contribution in [3.05, 3.63) is 54.6 Å². The van der Waals surface area contributed by atoms with Gasteiger partial charge in [0.2, 0.25) is 0 Å². The molecule has 24 heavy (non-hydrogen) atoms. The van der Waals surface area contributed by atoms with Crippen molar-refractivity contribution in [1.29, 1.82) is 0 Å². The highest BCUT2D eigenvalue weighted by Crippen LogP contribution is 2.45. The van der Waals surface area contributed by atoms with Crippen molar-refractivity contribution < 1.29 is 4.74 Å². The molecule has 0 unspecified atom stereocenters. The molecule has 0 fully saturated rings. The predicted molar refractivity (Wildman–Crippen MR) is 103 cm³/mol. The first-order valence-electron chi connectivity index (χ1n) is 7.97. The van der Waals surface area contributed by atoms with Crippen molar-refractivity contribution in [1.82, 2.24) is 4.98 Å². The van der Waals surface area contributed by atoms with Gasteiger partial charge in [-0.25, -0.2) is 4.98 Å². The van der Waals surface area contributed by atoms with E-state index in [2.05, 4.69) is 32.0 Å². The number of pyridine rings is 1. The molecule has 0 bridgehead atoms. The van der Waals surface area contributed by atoms with Crippen molar-refractivity contribution in [3.8, 4) is 16.9 Å². The monoisotopic (exact) mass is 338 g/mol. The lowest BCUT2D eigenvalue weighted by Crippen LogP contribution is -2.26. The van der Waals surface area contributed by atoms with Crippen LogP contribution in [-0.4, -0.2) is 23.4 Å². The number of ether oxygens (including phenoxy) is 1. The lowest BCUT2D eigenvalue weighted by molar-refractivity contribution is 0.420. The average Bonchev–Trinajstić information content (AvgIpc) is 2.61. The number of methoxy groups -OCH3 is 1. The molecule has 0 radical (unpaired) electrons. The van der Waals surface area contributed by atoms with Gasteiger partial charge in [0.15, 0.2) is 0 Å². The van der Waals surface area contributed by atoms with Crippen LogP contribution in [0.1, 0.15) is 13.8 Å². The summed E-state index contributed by atoms with van der Waals surface area (Å²) < 4.78 is 5.71. The summed E-state index contributed by atoms with van der Waals surface area (Å²) in [6.45, 7) is 4.84. The first-order chi connectivity index (χ1) is 11.6. The summed E-state index contributed by atoms with van der Waals surface area (Å²) in [5.74, 6) is 0.863. The van der Waals surface area contributed by atoms with Crippen LogP contribution in [0.3, 0.4) is 0 Å². The Morgan fingerprint density at radius 1 is 1.04 bits per heavy atom. The van der Waals surface area contributed by atoms with E-state index >= 15 is 0 Å². The molecule has 0 saturated heterocycles. The highest BCUT2D eigenvalue weighted by atomic mass is 32.2. The van der Waals surface area contributed by atoms with Crippen LogP contribution in [0.2, 0.25) is 0 Å². The molecule has 3 aromatic rings. The van der Waals surface area contributed by atoms with Gasteiger partial charge in [-0.2, -0.15) is 0 Å². The fourth-order valence-electron chi connectivity index (χ4n) is 2.61. The van der Waals surface area contributed by atoms with Gasteiger partial charge >= 0.3 is 0 Å². The summed E-state index contributed by atoms with van der Waals surface area (Å²) in [6.07, 6.45) is 0. The minimum absolute atomic E-state index is 0.107. The fourth-order valence-corrected chi connectivity index (χ4v) is 3.67. The Kier molecular flexibility index (Phi) is 4.78. The van der Waals surface area contributed by atoms with E-state index in [-0.39, 0.29) is 4.75 Å². The van der Waals surface area contributed by atoms with E-state index in [0.717, 1.165) is 32.8 Å². The summed E-state index contributed by atoms with van der Waals surface area (Å²) in [7, 11) is 1.72. The standard InChI is InChI=1S/C20H22N2OS/c1-20(2,13-21)24-19-17(14-9-5-4-6-10-14)18(23-3)15-11-7-8-12-16(15)22-19/h4-12H,13,21H2,1-3H3. The second-order valence-electron chi connectivity index (χ2n) is 6.27. The SMILES string of the molecule is COc1c(-c2ccccc2)c(SC(C)(C)CN)nc2ccccc12. The van der Waals surface area contributed by atoms with Gasteiger partial charge in [0.05, 0.1) is 18.2 Å². The number of aromatic nitrogens is 1. The van der Waals surface area contributed by atoms with E-state index in [1.807, 2.05) is 36.4 Å². The summed E-state index contributed by atoms with van der Waals surface area (Å²) in [4.78, 5) is 4.92. The Morgan fingerprint density at radius 2 is 1.71 bits per heavy atom. The van der Waals surface area contributed by atoms with Crippen LogP contribution >= 0.6 is 11.8 Å². The van der Waals surface area contributed by atoms with Crippen LogP contribution in [0.5, 0.6) is 5.75 Å². The van der Waals surface area contributed by atoms with Crippen LogP contribution < -0.4 is 10.5 Å². The summed E-state index contributed by atoms with van der Waals surface area (Å²) in [5.41, 5.74) is 9.01. The normalized spacial score (nSPS) is 11.7. The third-order valence-electron chi connectivity index (χ3n) is 3.94. The number of hydrogen-bond donors (Lipinski definition) is 1. The molecular formula is C20H22N2OS. The molecule has 3 nitrogen and oxygen atoms in total. The summed E-state index contributed by atoms with van der Waals surface area (Å²) in [6, 6.07) is 18.3. The van der Waals surface area contributed by atoms with Gasteiger partial charge in [0.25, 0.3) is 0 Å². The van der Waals surface area contributed by atoms with Gasteiger partial charge in [-0.05, 0) is 31.5 Å². The van der Waals surface area contributed by atoms with Crippen LogP contribution in [0.25, 0.3) is 22.0 Å². The molecule has 0 aliphatic heterocycles. The Balaban J connectivity index is 2.31. The molecule has 0 aliphatic carbocycles. The quantitative estimate of drug-likeness (QED) is 0.683. The zero-order valence-electron chi connectivity index (χ0n) is 14.2. The van der Waals surface area contributed by atoms with E-state index in [1.165, 1.54) is 0 Å². The van der Waals surface area contributed by atoms with Gasteiger partial charge in [0, 0.05) is 16.7 Å². The number of hydrogen-bond acceptors (Lipinski definition) is 4. The van der Waals surface area contributed by atoms with E-state index in [4.69, 9.17) is 15.5 Å². The molecule has 2 aromatic carbocycles. The van der Waals surface area contributed by atoms with Crippen LogP contribution in [0.15, 0.2) is 59.6 Å². The smallest absolute Gasteiger partial charge is 0.138 e. The average molecular weight is 338 g/mol. The van der Waals surface area contributed by atoms with Crippen molar-refractivity contribution in [2.45, 2.75) is 23.6 Å². The zero-order valence-corrected chi connectivity index (χ0v) is 15.1. The van der Waals surface area contributed by atoms with Gasteiger partial charge < -0.3 is 10.5 Å². The van der Waals surface area contributed by atoms with E-state index in [9.17, 15) is 0 Å². The number of fused-ring (bicyclic) bond motifs is 1. The lowest BCUT2D eigenvalue weighted by Gasteiger charge is -2.24. The van der Waals surface area contributed by atoms with Crippen molar-refractivity contribution >= 4 is 22.7 Å². The highest BCUT2D eigenvalue weighted by Gasteiger charge is 2.24. The molecule has 1 aromatic heterocycles. The molecule has 4 heteroatoms. The lowest BCUT2D eigenvalue weighted by atomic mass is 10.0. The molecule has 0 saturated carbocycles. The summed E-state index contributed by atoms with van der Waals surface area (Å²) >= 11 is 1.70. The molecule has 0 aliphatic rings. The van der Waals surface area contributed by atoms with Crippen LogP contribution in [-0.2, 0) is 0 Å². The number of rotatable bonds is 5. The first kappa shape index (κ1) is 16.8. The number of nitrogens with two attached hydrogens (primary N) is 1. The Morgan fingerprint density at radius 3 is 2.38 bits per heavy atom. The molecule has 124 valence electrons. The third-order valence-corrected chi connectivity index (χ3v) is 5.15. The van der Waals surface area contributed by atoms with Crippen LogP contribution in [0.4, 0.5) is 0 Å². The molecule has 1 heterocycles. The van der Waals surface area contributed by atoms with Gasteiger partial charge in [-0.1, -0.05) is 54.2 Å². The van der Waals surface area contributed by atoms with E-state index in [0.29, 0.717) is 6.54 Å². The van der Waals surface area contributed by atoms with E-state index < -0.39 is 0 Å². The Labute approximate surface area is 147 Å². The van der Waals surface area contributed by atoms with E-state index in [1.54, 1.807) is 18.9 Å². The number of thioether (sulfide) groups is 1. The topological polar surface area (TPSA) is 48.1 Å². The van der Waals surface area contributed by atoms with Gasteiger partial charge in [-0.3, -0.25) is 0 Å². The second kappa shape index (κ2) is 6.83. The minimum atomic E-state index is -0.107. The molecule has 2 N–H and O–H groups in total. The van der Waals surface area contributed by atoms with Crippen molar-refractivity contribution in [2.24, 2.45) is 5.73 Å². The van der Waals surface area contributed by atoms with Crippen molar-refractivity contribution in [3.63, 3.8) is 0 Å².